The van der Waals surface area contributed by atoms with Crippen molar-refractivity contribution in [3.8, 4) is 11.1 Å². The Hall–Kier alpha value is -5.93. The Balaban J connectivity index is 1.26. The van der Waals surface area contributed by atoms with Crippen LogP contribution in [0.1, 0.15) is 33.2 Å². The van der Waals surface area contributed by atoms with Gasteiger partial charge in [-0.05, 0) is 90.4 Å². The first-order valence-electron chi connectivity index (χ1n) is 14.8. The molecule has 5 N–H and O–H groups in total. The maximum Gasteiger partial charge on any atom is 0.272 e. The van der Waals surface area contributed by atoms with Crippen LogP contribution in [0.4, 0.5) is 11.4 Å². The van der Waals surface area contributed by atoms with E-state index < -0.39 is 23.0 Å². The molecule has 234 valence electrons. The third-order valence-corrected chi connectivity index (χ3v) is 8.20. The highest BCUT2D eigenvalue weighted by atomic mass is 32.2. The topological polar surface area (TPSA) is 130 Å². The minimum Gasteiger partial charge on any atom is -0.366 e. The molecule has 0 aromatic heterocycles. The monoisotopic (exact) mass is 640 g/mol. The number of thioether (sulfide) groups is 1. The minimum atomic E-state index is -0.538. The molecule has 0 heterocycles. The van der Waals surface area contributed by atoms with E-state index in [-0.39, 0.29) is 11.6 Å². The molecule has 0 aliphatic rings. The summed E-state index contributed by atoms with van der Waals surface area (Å²) in [5, 5.41) is 8.03. The maximum absolute atomic E-state index is 13.5. The van der Waals surface area contributed by atoms with Gasteiger partial charge in [0.25, 0.3) is 11.8 Å². The summed E-state index contributed by atoms with van der Waals surface area (Å²) in [6.07, 6.45) is 1.64. The lowest BCUT2D eigenvalue weighted by atomic mass is 10.0. The van der Waals surface area contributed by atoms with E-state index in [4.69, 9.17) is 5.73 Å². The Morgan fingerprint density at radius 3 is 1.81 bits per heavy atom. The van der Waals surface area contributed by atoms with Gasteiger partial charge in [0.2, 0.25) is 11.8 Å². The molecule has 5 rings (SSSR count). The van der Waals surface area contributed by atoms with Crippen LogP contribution in [0, 0.1) is 0 Å². The number of amides is 4. The zero-order valence-electron chi connectivity index (χ0n) is 25.5. The molecule has 4 amide bonds. The Morgan fingerprint density at radius 1 is 0.638 bits per heavy atom. The molecule has 0 aliphatic carbocycles. The van der Waals surface area contributed by atoms with E-state index in [2.05, 4.69) is 16.0 Å². The molecule has 8 nitrogen and oxygen atoms in total. The molecule has 1 atom stereocenters. The third-order valence-electron chi connectivity index (χ3n) is 7.09. The molecular formula is C38H32N4O4S. The van der Waals surface area contributed by atoms with Crippen LogP contribution in [-0.2, 0) is 9.59 Å². The van der Waals surface area contributed by atoms with Gasteiger partial charge in [0.15, 0.2) is 0 Å². The summed E-state index contributed by atoms with van der Waals surface area (Å²) in [5.74, 6) is -1.64. The number of hydrogen-bond donors (Lipinski definition) is 4. The van der Waals surface area contributed by atoms with Crippen LogP contribution >= 0.6 is 11.8 Å². The normalized spacial score (nSPS) is 11.6. The van der Waals surface area contributed by atoms with E-state index in [1.54, 1.807) is 85.8 Å². The first-order valence-corrected chi connectivity index (χ1v) is 15.7. The summed E-state index contributed by atoms with van der Waals surface area (Å²) >= 11 is 1.35. The highest BCUT2D eigenvalue weighted by molar-refractivity contribution is 8.00. The van der Waals surface area contributed by atoms with E-state index in [1.807, 2.05) is 60.7 Å². The second-order valence-electron chi connectivity index (χ2n) is 10.5. The van der Waals surface area contributed by atoms with Crippen LogP contribution in [-0.4, -0.2) is 28.9 Å². The molecule has 0 saturated heterocycles. The van der Waals surface area contributed by atoms with Crippen LogP contribution in [0.5, 0.6) is 0 Å². The van der Waals surface area contributed by atoms with Crippen LogP contribution in [0.25, 0.3) is 17.2 Å². The van der Waals surface area contributed by atoms with Crippen LogP contribution in [0.3, 0.4) is 0 Å². The number of anilines is 2. The number of carbonyl (C=O) groups excluding carboxylic acids is 4. The fourth-order valence-corrected chi connectivity index (χ4v) is 5.41. The molecule has 47 heavy (non-hydrogen) atoms. The molecule has 0 bridgehead atoms. The van der Waals surface area contributed by atoms with Crippen molar-refractivity contribution in [3.63, 3.8) is 0 Å². The predicted molar refractivity (Wildman–Crippen MR) is 188 cm³/mol. The SMILES string of the molecule is CC(Sc1ccc(NC(=O)/C(=C/c2ccc(-c3ccccc3)cc2)NC(=O)c2ccccc2)cc1)C(=O)Nc1ccc(C(N)=O)cc1. The molecule has 0 fully saturated rings. The van der Waals surface area contributed by atoms with Crippen molar-refractivity contribution in [1.29, 1.82) is 0 Å². The Kier molecular flexibility index (Phi) is 10.6. The molecule has 5 aromatic rings. The fraction of sp³-hybridized carbons (Fsp3) is 0.0526. The zero-order valence-corrected chi connectivity index (χ0v) is 26.3. The van der Waals surface area contributed by atoms with Crippen molar-refractivity contribution < 1.29 is 19.2 Å². The van der Waals surface area contributed by atoms with Gasteiger partial charge in [0, 0.05) is 27.4 Å². The lowest BCUT2D eigenvalue weighted by Gasteiger charge is -2.14. The summed E-state index contributed by atoms with van der Waals surface area (Å²) in [7, 11) is 0. The number of primary amides is 1. The first-order chi connectivity index (χ1) is 22.7. The predicted octanol–water partition coefficient (Wildman–Crippen LogP) is 6.98. The standard InChI is InChI=1S/C38H32N4O4S/c1-25(36(44)40-31-18-16-29(17-19-31)35(39)43)47-33-22-20-32(21-23-33)41-38(46)34(42-37(45)30-10-6-3-7-11-30)24-26-12-14-28(15-13-26)27-8-4-2-5-9-27/h2-25H,1H3,(H2,39,43)(H,40,44)(H,41,46)(H,42,45)/b34-24-. The van der Waals surface area contributed by atoms with Crippen molar-refractivity contribution in [3.05, 3.63) is 156 Å². The number of nitrogens with two attached hydrogens (primary N) is 1. The quantitative estimate of drug-likeness (QED) is 0.0914. The zero-order chi connectivity index (χ0) is 33.2. The van der Waals surface area contributed by atoms with E-state index in [0.29, 0.717) is 22.5 Å². The van der Waals surface area contributed by atoms with Crippen LogP contribution < -0.4 is 21.7 Å². The molecule has 0 spiro atoms. The van der Waals surface area contributed by atoms with Crippen LogP contribution in [0.2, 0.25) is 0 Å². The number of rotatable bonds is 11. The summed E-state index contributed by atoms with van der Waals surface area (Å²) in [5.41, 5.74) is 10.1. The molecule has 9 heteroatoms. The van der Waals surface area contributed by atoms with Crippen LogP contribution in [0.15, 0.2) is 144 Å². The smallest absolute Gasteiger partial charge is 0.272 e. The molecule has 0 saturated carbocycles. The summed E-state index contributed by atoms with van der Waals surface area (Å²) in [6.45, 7) is 1.78. The van der Waals surface area contributed by atoms with Crippen molar-refractivity contribution in [2.75, 3.05) is 10.6 Å². The van der Waals surface area contributed by atoms with Gasteiger partial charge >= 0.3 is 0 Å². The number of nitrogens with one attached hydrogen (secondary N) is 3. The van der Waals surface area contributed by atoms with Gasteiger partial charge in [0.05, 0.1) is 5.25 Å². The molecule has 0 aliphatic heterocycles. The van der Waals surface area contributed by atoms with Crippen molar-refractivity contribution in [1.82, 2.24) is 5.32 Å². The summed E-state index contributed by atoms with van der Waals surface area (Å²) in [4.78, 5) is 51.3. The first kappa shape index (κ1) is 32.5. The van der Waals surface area contributed by atoms with Crippen molar-refractivity contribution in [2.24, 2.45) is 5.73 Å². The molecular weight excluding hydrogens is 609 g/mol. The maximum atomic E-state index is 13.5. The lowest BCUT2D eigenvalue weighted by molar-refractivity contribution is -0.115. The lowest BCUT2D eigenvalue weighted by Crippen LogP contribution is -2.30. The highest BCUT2D eigenvalue weighted by Crippen LogP contribution is 2.26. The average molecular weight is 641 g/mol. The number of carbonyl (C=O) groups is 4. The highest BCUT2D eigenvalue weighted by Gasteiger charge is 2.17. The minimum absolute atomic E-state index is 0.0823. The van der Waals surface area contributed by atoms with Gasteiger partial charge < -0.3 is 21.7 Å². The van der Waals surface area contributed by atoms with Gasteiger partial charge in [-0.1, -0.05) is 72.8 Å². The van der Waals surface area contributed by atoms with Gasteiger partial charge in [-0.3, -0.25) is 19.2 Å². The number of benzene rings is 5. The summed E-state index contributed by atoms with van der Waals surface area (Å²) < 4.78 is 0. The van der Waals surface area contributed by atoms with Crippen molar-refractivity contribution in [2.45, 2.75) is 17.1 Å². The molecule has 1 unspecified atom stereocenters. The van der Waals surface area contributed by atoms with Crippen molar-refractivity contribution >= 4 is 52.8 Å². The second-order valence-corrected chi connectivity index (χ2v) is 11.9. The second kappa shape index (κ2) is 15.4. The molecule has 0 radical (unpaired) electrons. The Morgan fingerprint density at radius 2 is 1.19 bits per heavy atom. The Bertz CT molecular complexity index is 1890. The fourth-order valence-electron chi connectivity index (χ4n) is 4.55. The Labute approximate surface area is 277 Å². The largest absolute Gasteiger partial charge is 0.366 e. The molecule has 5 aromatic carbocycles. The van der Waals surface area contributed by atoms with E-state index in [9.17, 15) is 19.2 Å². The summed E-state index contributed by atoms with van der Waals surface area (Å²) in [6, 6.07) is 39.8. The van der Waals surface area contributed by atoms with E-state index in [1.165, 1.54) is 11.8 Å². The van der Waals surface area contributed by atoms with Gasteiger partial charge in [-0.2, -0.15) is 0 Å². The van der Waals surface area contributed by atoms with E-state index in [0.717, 1.165) is 21.6 Å². The third kappa shape index (κ3) is 9.06. The van der Waals surface area contributed by atoms with Gasteiger partial charge in [-0.15, -0.1) is 11.8 Å². The van der Waals surface area contributed by atoms with Gasteiger partial charge in [0.1, 0.15) is 5.70 Å². The average Bonchev–Trinajstić information content (AvgIpc) is 3.10. The van der Waals surface area contributed by atoms with E-state index >= 15 is 0 Å². The van der Waals surface area contributed by atoms with Gasteiger partial charge in [-0.25, -0.2) is 0 Å². The number of hydrogen-bond acceptors (Lipinski definition) is 5.